The van der Waals surface area contributed by atoms with Crippen molar-refractivity contribution in [1.29, 1.82) is 0 Å². The fourth-order valence-electron chi connectivity index (χ4n) is 0.925. The molecule has 0 saturated carbocycles. The summed E-state index contributed by atoms with van der Waals surface area (Å²) in [6.45, 7) is 0. The number of thiocarbonyl (C=S) groups is 1. The van der Waals surface area contributed by atoms with E-state index in [2.05, 4.69) is 0 Å². The molecule has 1 rings (SSSR count). The predicted octanol–water partition coefficient (Wildman–Crippen LogP) is 3.25. The molecule has 13 heavy (non-hydrogen) atoms. The summed E-state index contributed by atoms with van der Waals surface area (Å²) in [7, 11) is 1.84. The summed E-state index contributed by atoms with van der Waals surface area (Å²) in [5.41, 5.74) is 0.985. The number of benzene rings is 1. The summed E-state index contributed by atoms with van der Waals surface area (Å²) < 4.78 is 0. The van der Waals surface area contributed by atoms with Gasteiger partial charge in [0.15, 0.2) is 4.84 Å². The van der Waals surface area contributed by atoms with E-state index in [9.17, 15) is 0 Å². The van der Waals surface area contributed by atoms with E-state index >= 15 is 0 Å². The predicted molar refractivity (Wildman–Crippen MR) is 62.9 cm³/mol. The van der Waals surface area contributed by atoms with E-state index < -0.39 is 4.84 Å². The Hall–Kier alpha value is -0.310. The molecule has 0 amide bonds. The van der Waals surface area contributed by atoms with Crippen LogP contribution in [0.1, 0.15) is 0 Å². The molecule has 0 aliphatic heterocycles. The van der Waals surface area contributed by atoms with Crippen LogP contribution in [0.4, 0.5) is 5.69 Å². The molecule has 70 valence electrons. The summed E-state index contributed by atoms with van der Waals surface area (Å²) >= 11 is 16.4. The number of rotatable bonds is 2. The lowest BCUT2D eigenvalue weighted by Crippen LogP contribution is -2.29. The Morgan fingerprint density at radius 3 is 2.31 bits per heavy atom. The number of nitrogens with zero attached hydrogens (tertiary/aromatic N) is 1. The van der Waals surface area contributed by atoms with Crippen molar-refractivity contribution >= 4 is 46.1 Å². The van der Waals surface area contributed by atoms with E-state index in [0.717, 1.165) is 5.69 Å². The maximum atomic E-state index is 5.66. The average molecular weight is 234 g/mol. The third kappa shape index (κ3) is 2.83. The van der Waals surface area contributed by atoms with Crippen LogP contribution < -0.4 is 4.90 Å². The third-order valence-corrected chi connectivity index (χ3v) is 2.84. The fourth-order valence-corrected chi connectivity index (χ4v) is 1.32. The van der Waals surface area contributed by atoms with Gasteiger partial charge in [-0.25, -0.2) is 0 Å². The molecule has 0 spiro atoms. The molecule has 1 aromatic carbocycles. The van der Waals surface area contributed by atoms with Crippen molar-refractivity contribution in [2.75, 3.05) is 11.9 Å². The lowest BCUT2D eigenvalue weighted by Gasteiger charge is -2.20. The Morgan fingerprint density at radius 1 is 1.31 bits per heavy atom. The normalized spacial score (nSPS) is 10.2. The Kier molecular flexibility index (Phi) is 3.97. The van der Waals surface area contributed by atoms with Gasteiger partial charge in [-0.2, -0.15) is 0 Å². The van der Waals surface area contributed by atoms with Gasteiger partial charge in [0.1, 0.15) is 4.99 Å². The second-order valence-corrected chi connectivity index (χ2v) is 4.05. The van der Waals surface area contributed by atoms with E-state index in [4.69, 9.17) is 35.4 Å². The molecular formula is C9H9Cl2NS. The van der Waals surface area contributed by atoms with Gasteiger partial charge in [0.05, 0.1) is 0 Å². The molecule has 0 aliphatic rings. The SMILES string of the molecule is CN(C(=S)C(Cl)Cl)c1ccccc1. The number of para-hydroxylation sites is 1. The highest BCUT2D eigenvalue weighted by molar-refractivity contribution is 7.81. The van der Waals surface area contributed by atoms with Crippen molar-refractivity contribution < 1.29 is 0 Å². The first-order valence-corrected chi connectivity index (χ1v) is 5.02. The Balaban J connectivity index is 2.80. The zero-order chi connectivity index (χ0) is 9.84. The minimum atomic E-state index is -0.639. The fraction of sp³-hybridized carbons (Fsp3) is 0.222. The summed E-state index contributed by atoms with van der Waals surface area (Å²) in [6.07, 6.45) is 0. The summed E-state index contributed by atoms with van der Waals surface area (Å²) in [5.74, 6) is 0. The van der Waals surface area contributed by atoms with Crippen molar-refractivity contribution in [3.8, 4) is 0 Å². The van der Waals surface area contributed by atoms with Crippen LogP contribution in [0.2, 0.25) is 0 Å². The van der Waals surface area contributed by atoms with E-state index in [1.165, 1.54) is 0 Å². The first-order chi connectivity index (χ1) is 6.13. The third-order valence-electron chi connectivity index (χ3n) is 1.66. The van der Waals surface area contributed by atoms with Crippen molar-refractivity contribution in [2.24, 2.45) is 0 Å². The maximum Gasteiger partial charge on any atom is 0.158 e. The van der Waals surface area contributed by atoms with Crippen molar-refractivity contribution in [3.05, 3.63) is 30.3 Å². The molecule has 0 saturated heterocycles. The van der Waals surface area contributed by atoms with Gasteiger partial charge in [0.2, 0.25) is 0 Å². The monoisotopic (exact) mass is 233 g/mol. The molecule has 0 aliphatic carbocycles. The lowest BCUT2D eigenvalue weighted by molar-refractivity contribution is 1.27. The van der Waals surface area contributed by atoms with Gasteiger partial charge in [-0.05, 0) is 12.1 Å². The van der Waals surface area contributed by atoms with Gasteiger partial charge in [-0.15, -0.1) is 0 Å². The molecule has 0 radical (unpaired) electrons. The quantitative estimate of drug-likeness (QED) is 0.570. The van der Waals surface area contributed by atoms with Gasteiger partial charge in [-0.1, -0.05) is 53.6 Å². The zero-order valence-corrected chi connectivity index (χ0v) is 9.40. The smallest absolute Gasteiger partial charge is 0.158 e. The number of halogens is 2. The molecule has 0 heterocycles. The van der Waals surface area contributed by atoms with Gasteiger partial charge >= 0.3 is 0 Å². The van der Waals surface area contributed by atoms with E-state index in [-0.39, 0.29) is 0 Å². The first-order valence-electron chi connectivity index (χ1n) is 3.73. The van der Waals surface area contributed by atoms with Crippen LogP contribution in [0.5, 0.6) is 0 Å². The topological polar surface area (TPSA) is 3.24 Å². The minimum absolute atomic E-state index is 0.509. The van der Waals surface area contributed by atoms with Crippen LogP contribution >= 0.6 is 35.4 Å². The molecule has 0 fully saturated rings. The van der Waals surface area contributed by atoms with E-state index in [0.29, 0.717) is 4.99 Å². The van der Waals surface area contributed by atoms with Crippen LogP contribution in [0.3, 0.4) is 0 Å². The van der Waals surface area contributed by atoms with Gasteiger partial charge < -0.3 is 4.90 Å². The summed E-state index contributed by atoms with van der Waals surface area (Å²) in [5, 5.41) is 0. The van der Waals surface area contributed by atoms with E-state index in [1.54, 1.807) is 4.90 Å². The summed E-state index contributed by atoms with van der Waals surface area (Å²) in [4.78, 5) is 1.66. The molecule has 1 nitrogen and oxygen atoms in total. The van der Waals surface area contributed by atoms with Crippen molar-refractivity contribution in [1.82, 2.24) is 0 Å². The van der Waals surface area contributed by atoms with Gasteiger partial charge in [0.25, 0.3) is 0 Å². The standard InChI is InChI=1S/C9H9Cl2NS/c1-12(9(13)8(10)11)7-5-3-2-4-6-7/h2-6,8H,1H3. The number of anilines is 1. The Bertz CT molecular complexity index is 287. The second kappa shape index (κ2) is 4.80. The minimum Gasteiger partial charge on any atom is -0.337 e. The van der Waals surface area contributed by atoms with Crippen LogP contribution in [0.25, 0.3) is 0 Å². The Morgan fingerprint density at radius 2 is 1.85 bits per heavy atom. The zero-order valence-electron chi connectivity index (χ0n) is 7.08. The molecule has 0 unspecified atom stereocenters. The second-order valence-electron chi connectivity index (χ2n) is 2.53. The van der Waals surface area contributed by atoms with Crippen LogP contribution in [-0.4, -0.2) is 16.9 Å². The number of hydrogen-bond acceptors (Lipinski definition) is 1. The molecule has 1 aromatic rings. The molecule has 0 bridgehead atoms. The Labute approximate surface area is 93.3 Å². The van der Waals surface area contributed by atoms with Gasteiger partial charge in [0, 0.05) is 12.7 Å². The van der Waals surface area contributed by atoms with E-state index in [1.807, 2.05) is 37.4 Å². The van der Waals surface area contributed by atoms with Crippen LogP contribution in [-0.2, 0) is 0 Å². The number of alkyl halides is 2. The highest BCUT2D eigenvalue weighted by Crippen LogP contribution is 2.16. The molecular weight excluding hydrogens is 225 g/mol. The molecule has 0 aromatic heterocycles. The van der Waals surface area contributed by atoms with Crippen LogP contribution in [0, 0.1) is 0 Å². The number of hydrogen-bond donors (Lipinski definition) is 0. The largest absolute Gasteiger partial charge is 0.337 e. The molecule has 4 heteroatoms. The van der Waals surface area contributed by atoms with Crippen molar-refractivity contribution in [2.45, 2.75) is 4.84 Å². The first kappa shape index (κ1) is 10.8. The van der Waals surface area contributed by atoms with Gasteiger partial charge in [-0.3, -0.25) is 0 Å². The molecule has 0 N–H and O–H groups in total. The maximum absolute atomic E-state index is 5.66. The molecule has 0 atom stereocenters. The average Bonchev–Trinajstić information content (AvgIpc) is 2.17. The lowest BCUT2D eigenvalue weighted by atomic mass is 10.3. The van der Waals surface area contributed by atoms with Crippen LogP contribution in [0.15, 0.2) is 30.3 Å². The van der Waals surface area contributed by atoms with Crippen molar-refractivity contribution in [3.63, 3.8) is 0 Å². The highest BCUT2D eigenvalue weighted by atomic mass is 35.5. The highest BCUT2D eigenvalue weighted by Gasteiger charge is 2.12. The summed E-state index contributed by atoms with van der Waals surface area (Å²) in [6, 6.07) is 9.71.